The highest BCUT2D eigenvalue weighted by Gasteiger charge is 2.30. The third-order valence-corrected chi connectivity index (χ3v) is 3.93. The van der Waals surface area contributed by atoms with E-state index in [2.05, 4.69) is 47.5 Å². The van der Waals surface area contributed by atoms with Crippen molar-refractivity contribution < 1.29 is 0 Å². The van der Waals surface area contributed by atoms with Crippen molar-refractivity contribution in [1.82, 2.24) is 10.2 Å². The summed E-state index contributed by atoms with van der Waals surface area (Å²) in [5.74, 6) is 0.686. The molecule has 1 aromatic carbocycles. The summed E-state index contributed by atoms with van der Waals surface area (Å²) in [4.78, 5) is 7.24. The van der Waals surface area contributed by atoms with E-state index in [4.69, 9.17) is 4.99 Å². The van der Waals surface area contributed by atoms with Crippen LogP contribution in [-0.2, 0) is 6.54 Å². The van der Waals surface area contributed by atoms with E-state index in [0.29, 0.717) is 12.1 Å². The number of benzene rings is 1. The number of likely N-dealkylation sites (tertiary alicyclic amines) is 1. The number of nitrogens with one attached hydrogen (secondary N) is 1. The first kappa shape index (κ1) is 11.9. The first-order valence-corrected chi connectivity index (χ1v) is 6.84. The predicted octanol–water partition coefficient (Wildman–Crippen LogP) is 1.90. The lowest BCUT2D eigenvalue weighted by atomic mass is 10.1. The van der Waals surface area contributed by atoms with Gasteiger partial charge in [0.2, 0.25) is 0 Å². The second kappa shape index (κ2) is 5.21. The van der Waals surface area contributed by atoms with Gasteiger partial charge in [-0.15, -0.1) is 0 Å². The molecule has 3 heteroatoms. The van der Waals surface area contributed by atoms with Crippen LogP contribution in [-0.4, -0.2) is 36.4 Å². The van der Waals surface area contributed by atoms with Crippen molar-refractivity contribution >= 4 is 5.71 Å². The quantitative estimate of drug-likeness (QED) is 0.878. The first-order valence-electron chi connectivity index (χ1n) is 6.84. The van der Waals surface area contributed by atoms with Gasteiger partial charge in [-0.2, -0.15) is 0 Å². The Labute approximate surface area is 109 Å². The maximum absolute atomic E-state index is 4.69. The van der Waals surface area contributed by atoms with Gasteiger partial charge in [-0.3, -0.25) is 15.2 Å². The molecule has 3 rings (SSSR count). The highest BCUT2D eigenvalue weighted by atomic mass is 15.2. The molecule has 2 aliphatic rings. The maximum atomic E-state index is 4.69. The molecule has 3 nitrogen and oxygen atoms in total. The number of hydrogen-bond donors (Lipinski definition) is 1. The van der Waals surface area contributed by atoms with E-state index in [0.717, 1.165) is 13.1 Å². The second-order valence-corrected chi connectivity index (χ2v) is 5.46. The second-order valence-electron chi connectivity index (χ2n) is 5.46. The van der Waals surface area contributed by atoms with Crippen LogP contribution in [0.3, 0.4) is 0 Å². The number of hydrogen-bond acceptors (Lipinski definition) is 3. The molecule has 1 aromatic rings. The Balaban J connectivity index is 1.56. The van der Waals surface area contributed by atoms with Crippen molar-refractivity contribution in [3.05, 3.63) is 35.9 Å². The number of rotatable bonds is 3. The first-order chi connectivity index (χ1) is 8.81. The number of aliphatic imine (C=N–C) groups is 1. The third kappa shape index (κ3) is 2.62. The average molecular weight is 243 g/mol. The van der Waals surface area contributed by atoms with Crippen molar-refractivity contribution in [3.8, 4) is 0 Å². The van der Waals surface area contributed by atoms with E-state index in [1.165, 1.54) is 30.8 Å². The molecule has 2 heterocycles. The largest absolute Gasteiger partial charge is 0.299 e. The van der Waals surface area contributed by atoms with Gasteiger partial charge >= 0.3 is 0 Å². The molecule has 0 saturated carbocycles. The van der Waals surface area contributed by atoms with Crippen LogP contribution < -0.4 is 5.32 Å². The van der Waals surface area contributed by atoms with Gasteiger partial charge in [0.25, 0.3) is 0 Å². The Kier molecular flexibility index (Phi) is 3.43. The number of nitrogens with zero attached hydrogens (tertiary/aromatic N) is 2. The summed E-state index contributed by atoms with van der Waals surface area (Å²) >= 11 is 0. The standard InChI is InChI=1S/C15H21N3/c1-12-9-16-15(17-12)14-7-8-18(11-14)10-13-5-3-2-4-6-13/h2-6,14-16H,7-11H2,1H3. The molecule has 2 aliphatic heterocycles. The van der Waals surface area contributed by atoms with Crippen LogP contribution in [0.25, 0.3) is 0 Å². The minimum Gasteiger partial charge on any atom is -0.299 e. The summed E-state index contributed by atoms with van der Waals surface area (Å²) in [6, 6.07) is 10.7. The van der Waals surface area contributed by atoms with Crippen LogP contribution in [0.1, 0.15) is 18.9 Å². The molecular formula is C15H21N3. The van der Waals surface area contributed by atoms with Crippen LogP contribution in [0.15, 0.2) is 35.3 Å². The Bertz CT molecular complexity index is 427. The molecule has 1 fully saturated rings. The normalized spacial score (nSPS) is 28.6. The van der Waals surface area contributed by atoms with Crippen LogP contribution in [0.5, 0.6) is 0 Å². The minimum absolute atomic E-state index is 0.366. The van der Waals surface area contributed by atoms with Gasteiger partial charge in [-0.1, -0.05) is 30.3 Å². The molecule has 1 saturated heterocycles. The molecule has 1 N–H and O–H groups in total. The monoisotopic (exact) mass is 243 g/mol. The van der Waals surface area contributed by atoms with E-state index in [9.17, 15) is 0 Å². The lowest BCUT2D eigenvalue weighted by Gasteiger charge is -2.18. The average Bonchev–Trinajstić information content (AvgIpc) is 2.99. The Morgan fingerprint density at radius 3 is 2.89 bits per heavy atom. The fourth-order valence-electron chi connectivity index (χ4n) is 2.96. The van der Waals surface area contributed by atoms with Gasteiger partial charge in [0.1, 0.15) is 6.17 Å². The molecule has 18 heavy (non-hydrogen) atoms. The summed E-state index contributed by atoms with van der Waals surface area (Å²) in [5, 5.41) is 3.50. The summed E-state index contributed by atoms with van der Waals surface area (Å²) in [7, 11) is 0. The Morgan fingerprint density at radius 1 is 1.33 bits per heavy atom. The van der Waals surface area contributed by atoms with E-state index >= 15 is 0 Å². The lowest BCUT2D eigenvalue weighted by Crippen LogP contribution is -2.33. The maximum Gasteiger partial charge on any atom is 0.104 e. The molecule has 0 spiro atoms. The van der Waals surface area contributed by atoms with Crippen molar-refractivity contribution in [2.24, 2.45) is 10.9 Å². The predicted molar refractivity (Wildman–Crippen MR) is 74.7 cm³/mol. The van der Waals surface area contributed by atoms with Crippen molar-refractivity contribution in [3.63, 3.8) is 0 Å². The van der Waals surface area contributed by atoms with Crippen LogP contribution in [0.4, 0.5) is 0 Å². The molecular weight excluding hydrogens is 222 g/mol. The van der Waals surface area contributed by atoms with Gasteiger partial charge < -0.3 is 0 Å². The summed E-state index contributed by atoms with van der Waals surface area (Å²) in [6.45, 7) is 6.53. The highest BCUT2D eigenvalue weighted by molar-refractivity contribution is 5.85. The molecule has 0 amide bonds. The molecule has 0 aliphatic carbocycles. The van der Waals surface area contributed by atoms with Crippen LogP contribution in [0.2, 0.25) is 0 Å². The lowest BCUT2D eigenvalue weighted by molar-refractivity contribution is 0.300. The zero-order valence-corrected chi connectivity index (χ0v) is 11.0. The van der Waals surface area contributed by atoms with Gasteiger partial charge in [-0.05, 0) is 25.5 Å². The fourth-order valence-corrected chi connectivity index (χ4v) is 2.96. The summed E-state index contributed by atoms with van der Waals surface area (Å²) in [5.41, 5.74) is 2.67. The Morgan fingerprint density at radius 2 is 2.17 bits per heavy atom. The third-order valence-electron chi connectivity index (χ3n) is 3.93. The zero-order valence-electron chi connectivity index (χ0n) is 11.0. The molecule has 2 unspecified atom stereocenters. The van der Waals surface area contributed by atoms with Crippen molar-refractivity contribution in [2.75, 3.05) is 19.6 Å². The van der Waals surface area contributed by atoms with Gasteiger partial charge in [0.05, 0.1) is 0 Å². The molecule has 0 bridgehead atoms. The highest BCUT2D eigenvalue weighted by Crippen LogP contribution is 2.23. The van der Waals surface area contributed by atoms with Gasteiger partial charge in [0.15, 0.2) is 0 Å². The SMILES string of the molecule is CC1=NC(C2CCN(Cc3ccccc3)C2)NC1. The Hall–Kier alpha value is -1.19. The summed E-state index contributed by atoms with van der Waals surface area (Å²) < 4.78 is 0. The zero-order chi connectivity index (χ0) is 12.4. The minimum atomic E-state index is 0.366. The smallest absolute Gasteiger partial charge is 0.104 e. The van der Waals surface area contributed by atoms with Gasteiger partial charge in [0, 0.05) is 31.3 Å². The van der Waals surface area contributed by atoms with Crippen LogP contribution in [0, 0.1) is 5.92 Å². The molecule has 2 atom stereocenters. The molecule has 0 aromatic heterocycles. The van der Waals surface area contributed by atoms with E-state index in [1.54, 1.807) is 0 Å². The van der Waals surface area contributed by atoms with Gasteiger partial charge in [-0.25, -0.2) is 0 Å². The van der Waals surface area contributed by atoms with E-state index in [1.807, 2.05) is 0 Å². The van der Waals surface area contributed by atoms with Crippen molar-refractivity contribution in [1.29, 1.82) is 0 Å². The topological polar surface area (TPSA) is 27.6 Å². The van der Waals surface area contributed by atoms with E-state index in [-0.39, 0.29) is 0 Å². The van der Waals surface area contributed by atoms with E-state index < -0.39 is 0 Å². The molecule has 96 valence electrons. The van der Waals surface area contributed by atoms with Crippen LogP contribution >= 0.6 is 0 Å². The molecule has 0 radical (unpaired) electrons. The van der Waals surface area contributed by atoms with Crippen molar-refractivity contribution in [2.45, 2.75) is 26.1 Å². The fraction of sp³-hybridized carbons (Fsp3) is 0.533. The summed E-state index contributed by atoms with van der Waals surface area (Å²) in [6.07, 6.45) is 1.63.